The summed E-state index contributed by atoms with van der Waals surface area (Å²) in [7, 11) is -1.84. The van der Waals surface area contributed by atoms with Gasteiger partial charge in [0.15, 0.2) is 0 Å². The van der Waals surface area contributed by atoms with E-state index in [1.165, 1.54) is 0 Å². The summed E-state index contributed by atoms with van der Waals surface area (Å²) in [5, 5.41) is -1.99. The molecule has 0 amide bonds. The molecule has 12 heteroatoms. The quantitative estimate of drug-likeness (QED) is 0.515. The van der Waals surface area contributed by atoms with Gasteiger partial charge in [-0.05, 0) is 6.42 Å². The summed E-state index contributed by atoms with van der Waals surface area (Å²) in [5.74, 6) is -7.65. The Balaban J connectivity index is 4.87. The number of carbonyl (C=O) groups excluding carboxylic acids is 1. The van der Waals surface area contributed by atoms with Crippen LogP contribution in [0.5, 0.6) is 0 Å². The second-order valence-corrected chi connectivity index (χ2v) is 5.94. The topological polar surface area (TPSA) is 43.4 Å². The molecule has 0 heterocycles. The van der Waals surface area contributed by atoms with E-state index in [4.69, 9.17) is 0 Å². The third-order valence-electron chi connectivity index (χ3n) is 2.50. The number of rotatable bonds is 7. The van der Waals surface area contributed by atoms with Gasteiger partial charge in [-0.3, -0.25) is 9.00 Å². The molecular weight excluding hydrogens is 352 g/mol. The Morgan fingerprint density at radius 3 is 1.91 bits per heavy atom. The van der Waals surface area contributed by atoms with Gasteiger partial charge in [0.05, 0.1) is 13.5 Å². The van der Waals surface area contributed by atoms with Gasteiger partial charge in [-0.15, -0.1) is 0 Å². The van der Waals surface area contributed by atoms with Gasteiger partial charge in [-0.1, -0.05) is 0 Å². The van der Waals surface area contributed by atoms with Crippen molar-refractivity contribution in [3.05, 3.63) is 0 Å². The van der Waals surface area contributed by atoms with Gasteiger partial charge in [0.2, 0.25) is 0 Å². The number of hydrogen-bond acceptors (Lipinski definition) is 3. The molecule has 2 unspecified atom stereocenters. The van der Waals surface area contributed by atoms with Crippen LogP contribution in [0.15, 0.2) is 0 Å². The molecule has 0 radical (unpaired) electrons. The Morgan fingerprint density at radius 2 is 1.55 bits per heavy atom. The monoisotopic (exact) mass is 364 g/mol. The number of alkyl halides is 8. The molecule has 0 fully saturated rings. The second kappa shape index (κ2) is 7.55. The summed E-state index contributed by atoms with van der Waals surface area (Å²) in [6, 6.07) is 0. The van der Waals surface area contributed by atoms with Crippen molar-refractivity contribution in [3.8, 4) is 0 Å². The Hall–Kier alpha value is -0.940. The number of hydrogen-bond donors (Lipinski definition) is 0. The van der Waals surface area contributed by atoms with Crippen LogP contribution in [0.25, 0.3) is 0 Å². The van der Waals surface area contributed by atoms with Crippen LogP contribution in [0.1, 0.15) is 19.3 Å². The lowest BCUT2D eigenvalue weighted by Gasteiger charge is -2.21. The van der Waals surface area contributed by atoms with Crippen molar-refractivity contribution in [1.29, 1.82) is 0 Å². The highest BCUT2D eigenvalue weighted by Gasteiger charge is 2.57. The highest BCUT2D eigenvalue weighted by atomic mass is 32.2. The first-order chi connectivity index (χ1) is 9.71. The maximum atomic E-state index is 12.7. The highest BCUT2D eigenvalue weighted by Crippen LogP contribution is 2.39. The van der Waals surface area contributed by atoms with Crippen LogP contribution in [0.4, 0.5) is 35.1 Å². The maximum Gasteiger partial charge on any atom is 0.453 e. The third-order valence-corrected chi connectivity index (χ3v) is 4.17. The van der Waals surface area contributed by atoms with Gasteiger partial charge in [-0.2, -0.15) is 35.1 Å². The molecular formula is C10H12F8O3S. The first-order valence-corrected chi connectivity index (χ1v) is 7.06. The van der Waals surface area contributed by atoms with Gasteiger partial charge >= 0.3 is 24.2 Å². The molecule has 0 spiro atoms. The van der Waals surface area contributed by atoms with E-state index in [2.05, 4.69) is 4.74 Å². The molecule has 3 nitrogen and oxygen atoms in total. The summed E-state index contributed by atoms with van der Waals surface area (Å²) < 4.78 is 113. The largest absolute Gasteiger partial charge is 0.468 e. The summed E-state index contributed by atoms with van der Waals surface area (Å²) in [6.45, 7) is 0. The van der Waals surface area contributed by atoms with Crippen LogP contribution >= 0.6 is 0 Å². The van der Waals surface area contributed by atoms with E-state index in [0.717, 1.165) is 7.11 Å². The van der Waals surface area contributed by atoms with E-state index < -0.39 is 65.3 Å². The summed E-state index contributed by atoms with van der Waals surface area (Å²) >= 11 is 0. The average Bonchev–Trinajstić information content (AvgIpc) is 2.33. The molecule has 0 rings (SSSR count). The number of carbonyl (C=O) groups is 1. The number of halogens is 8. The Morgan fingerprint density at radius 1 is 1.05 bits per heavy atom. The second-order valence-electron chi connectivity index (χ2n) is 4.20. The Kier molecular flexibility index (Phi) is 7.23. The first-order valence-electron chi connectivity index (χ1n) is 5.67. The minimum absolute atomic E-state index is 0.748. The predicted molar refractivity (Wildman–Crippen MR) is 59.7 cm³/mol. The predicted octanol–water partition coefficient (Wildman–Crippen LogP) is 3.21. The van der Waals surface area contributed by atoms with Crippen molar-refractivity contribution in [1.82, 2.24) is 0 Å². The van der Waals surface area contributed by atoms with Crippen LogP contribution in [-0.2, 0) is 20.3 Å². The van der Waals surface area contributed by atoms with Crippen molar-refractivity contribution in [3.63, 3.8) is 0 Å². The number of esters is 1. The highest BCUT2D eigenvalue weighted by molar-refractivity contribution is 7.86. The van der Waals surface area contributed by atoms with Crippen molar-refractivity contribution < 1.29 is 48.9 Å². The fourth-order valence-corrected chi connectivity index (χ4v) is 2.71. The normalized spacial score (nSPS) is 16.2. The van der Waals surface area contributed by atoms with Gasteiger partial charge in [0.25, 0.3) is 0 Å². The van der Waals surface area contributed by atoms with Crippen LogP contribution < -0.4 is 0 Å². The van der Waals surface area contributed by atoms with Crippen molar-refractivity contribution in [2.45, 2.75) is 42.8 Å². The molecule has 0 N–H and O–H groups in total. The molecule has 0 aliphatic heterocycles. The molecule has 22 heavy (non-hydrogen) atoms. The molecule has 0 saturated carbocycles. The lowest BCUT2D eigenvalue weighted by atomic mass is 10.1. The van der Waals surface area contributed by atoms with Gasteiger partial charge in [-0.25, -0.2) is 0 Å². The van der Waals surface area contributed by atoms with Crippen LogP contribution in [0.3, 0.4) is 0 Å². The minimum Gasteiger partial charge on any atom is -0.468 e. The molecule has 0 aromatic rings. The van der Waals surface area contributed by atoms with Crippen molar-refractivity contribution >= 4 is 16.8 Å². The summed E-state index contributed by atoms with van der Waals surface area (Å²) in [6.07, 6.45) is -15.2. The SMILES string of the molecule is COC(=O)C(CCC(F)(F)C(F)(F)F)S(=O)CCC(F)(F)F. The Labute approximate surface area is 122 Å². The van der Waals surface area contributed by atoms with E-state index in [1.54, 1.807) is 0 Å². The van der Waals surface area contributed by atoms with E-state index in [1.807, 2.05) is 0 Å². The summed E-state index contributed by atoms with van der Waals surface area (Å²) in [5.41, 5.74) is 0. The average molecular weight is 364 g/mol. The zero-order valence-corrected chi connectivity index (χ0v) is 11.9. The van der Waals surface area contributed by atoms with E-state index in [9.17, 15) is 44.1 Å². The fourth-order valence-electron chi connectivity index (χ4n) is 1.30. The first kappa shape index (κ1) is 21.1. The zero-order valence-electron chi connectivity index (χ0n) is 11.1. The molecule has 0 aromatic carbocycles. The van der Waals surface area contributed by atoms with Crippen molar-refractivity contribution in [2.24, 2.45) is 0 Å². The van der Waals surface area contributed by atoms with E-state index >= 15 is 0 Å². The Bertz CT molecular complexity index is 404. The molecule has 0 aliphatic carbocycles. The van der Waals surface area contributed by atoms with E-state index in [0.29, 0.717) is 0 Å². The lowest BCUT2D eigenvalue weighted by Crippen LogP contribution is -2.39. The summed E-state index contributed by atoms with van der Waals surface area (Å²) in [4.78, 5) is 11.2. The molecule has 132 valence electrons. The smallest absolute Gasteiger partial charge is 0.453 e. The van der Waals surface area contributed by atoms with Crippen molar-refractivity contribution in [2.75, 3.05) is 12.9 Å². The van der Waals surface area contributed by atoms with Gasteiger partial charge < -0.3 is 4.74 Å². The zero-order chi connectivity index (χ0) is 17.8. The van der Waals surface area contributed by atoms with Gasteiger partial charge in [0.1, 0.15) is 5.25 Å². The van der Waals surface area contributed by atoms with Crippen LogP contribution in [-0.4, -0.2) is 46.6 Å². The number of ether oxygens (including phenoxy) is 1. The van der Waals surface area contributed by atoms with Crippen LogP contribution in [0, 0.1) is 0 Å². The molecule has 2 atom stereocenters. The fraction of sp³-hybridized carbons (Fsp3) is 0.900. The van der Waals surface area contributed by atoms with Gasteiger partial charge in [0, 0.05) is 23.0 Å². The number of methoxy groups -OCH3 is 1. The minimum atomic E-state index is -5.87. The lowest BCUT2D eigenvalue weighted by molar-refractivity contribution is -0.284. The standard InChI is InChI=1S/C10H12F8O3S/c1-21-7(19)6(22(20)5-4-9(13,14)15)2-3-8(11,12)10(16,17)18/h6H,2-5H2,1H3. The molecule has 0 bridgehead atoms. The molecule has 0 aliphatic rings. The maximum absolute atomic E-state index is 12.7. The third kappa shape index (κ3) is 6.88. The van der Waals surface area contributed by atoms with E-state index in [-0.39, 0.29) is 0 Å². The molecule has 0 aromatic heterocycles. The molecule has 0 saturated heterocycles. The van der Waals surface area contributed by atoms with Crippen LogP contribution in [0.2, 0.25) is 0 Å².